The van der Waals surface area contributed by atoms with E-state index >= 15 is 0 Å². The van der Waals surface area contributed by atoms with E-state index in [1.807, 2.05) is 6.07 Å². The Morgan fingerprint density at radius 2 is 1.93 bits per heavy atom. The third kappa shape index (κ3) is 4.44. The van der Waals surface area contributed by atoms with E-state index in [4.69, 9.17) is 25.0 Å². The average Bonchev–Trinajstić information content (AvgIpc) is 3.26. The summed E-state index contributed by atoms with van der Waals surface area (Å²) in [4.78, 5) is 58.7. The van der Waals surface area contributed by atoms with Gasteiger partial charge in [-0.05, 0) is 42.3 Å². The summed E-state index contributed by atoms with van der Waals surface area (Å²) >= 11 is 0. The zero-order valence-electron chi connectivity index (χ0n) is 22.4. The van der Waals surface area contributed by atoms with Gasteiger partial charge in [-0.1, -0.05) is 41.8 Å². The summed E-state index contributed by atoms with van der Waals surface area (Å²) in [7, 11) is 4.02. The molecule has 4 heterocycles. The van der Waals surface area contributed by atoms with Crippen LogP contribution in [0.3, 0.4) is 0 Å². The maximum absolute atomic E-state index is 13.8. The molecule has 4 aliphatic heterocycles. The van der Waals surface area contributed by atoms with Gasteiger partial charge < -0.3 is 14.0 Å². The molecule has 1 amide bonds. The van der Waals surface area contributed by atoms with Crippen LogP contribution < -0.4 is 4.74 Å². The predicted molar refractivity (Wildman–Crippen MR) is 146 cm³/mol. The van der Waals surface area contributed by atoms with Gasteiger partial charge in [0.25, 0.3) is 12.4 Å². The summed E-state index contributed by atoms with van der Waals surface area (Å²) in [5.74, 6) is -0.976. The Kier molecular flexibility index (Phi) is 7.70. The largest absolute Gasteiger partial charge is 0.597 e. The lowest BCUT2D eigenvalue weighted by molar-refractivity contribution is -1.20. The molecule has 0 aromatic heterocycles. The number of halogens is 1. The van der Waals surface area contributed by atoms with Crippen molar-refractivity contribution in [3.8, 4) is 5.75 Å². The van der Waals surface area contributed by atoms with Gasteiger partial charge in [0.2, 0.25) is 23.3 Å². The molecule has 4 fully saturated rings. The fraction of sp³-hybridized carbons (Fsp3) is 0.370. The number of hydroxylamine groups is 2. The van der Waals surface area contributed by atoms with E-state index < -0.39 is 62.4 Å². The summed E-state index contributed by atoms with van der Waals surface area (Å²) in [5.41, 5.74) is 0.512. The maximum Gasteiger partial charge on any atom is 0.333 e. The molecule has 2 aromatic carbocycles. The molecule has 0 aliphatic carbocycles. The molecule has 2 aromatic rings. The molecule has 2 bridgehead atoms. The quantitative estimate of drug-likeness (QED) is 0.0720. The number of β-lactam (4-membered cyclic amide) rings is 1. The first-order valence-corrected chi connectivity index (χ1v) is 14.7. The van der Waals surface area contributed by atoms with Gasteiger partial charge in [0.1, 0.15) is 12.4 Å². The second kappa shape index (κ2) is 10.8. The number of hydrogen-bond donors (Lipinski definition) is 0. The van der Waals surface area contributed by atoms with Crippen LogP contribution in [0.2, 0.25) is 0 Å². The molecule has 0 radical (unpaired) electrons. The number of likely N-dealkylation sites (tertiary alicyclic amines) is 1. The highest BCUT2D eigenvalue weighted by atomic mass is 35.7. The third-order valence-corrected chi connectivity index (χ3v) is 9.28. The topological polar surface area (TPSA) is 138 Å². The molecule has 0 saturated carbocycles. The second-order valence-electron chi connectivity index (χ2n) is 10.5. The molecule has 12 nitrogen and oxygen atoms in total. The van der Waals surface area contributed by atoms with E-state index in [9.17, 15) is 23.8 Å². The smallest absolute Gasteiger partial charge is 0.333 e. The number of carbonyl (C=O) groups excluding carboxylic acids is 3. The fourth-order valence-corrected chi connectivity index (χ4v) is 7.34. The SMILES string of the molecule is C=C(C)C(C(=O)OCc1ccccc1)N1C(=O)C(N2C3O[N+](N=O)(C3c3ccc(OC=O)cc3)C2(C)C)C1[S+]([O-])Cl. The average molecular weight is 604 g/mol. The Bertz CT molecular complexity index is 1380. The van der Waals surface area contributed by atoms with Crippen molar-refractivity contribution in [3.63, 3.8) is 0 Å². The Balaban J connectivity index is 1.42. The van der Waals surface area contributed by atoms with Crippen LogP contribution in [0.5, 0.6) is 5.75 Å². The van der Waals surface area contributed by atoms with Crippen molar-refractivity contribution in [2.45, 2.75) is 62.8 Å². The van der Waals surface area contributed by atoms with Gasteiger partial charge in [-0.15, -0.1) is 4.84 Å². The number of hydrogen-bond acceptors (Lipinski definition) is 10. The van der Waals surface area contributed by atoms with Crippen molar-refractivity contribution in [2.24, 2.45) is 5.29 Å². The Labute approximate surface area is 243 Å². The minimum Gasteiger partial charge on any atom is -0.597 e. The van der Waals surface area contributed by atoms with Gasteiger partial charge >= 0.3 is 5.97 Å². The fourth-order valence-electron chi connectivity index (χ4n) is 5.93. The number of nitrogens with zero attached hydrogens (tertiary/aromatic N) is 4. The molecular weight excluding hydrogens is 576 g/mol. The van der Waals surface area contributed by atoms with E-state index in [1.165, 1.54) is 0 Å². The van der Waals surface area contributed by atoms with Crippen LogP contribution in [0.1, 0.15) is 37.9 Å². The van der Waals surface area contributed by atoms with Crippen LogP contribution in [-0.4, -0.2) is 66.8 Å². The number of esters is 1. The predicted octanol–water partition coefficient (Wildman–Crippen LogP) is 3.21. The van der Waals surface area contributed by atoms with Gasteiger partial charge in [-0.3, -0.25) is 14.5 Å². The highest BCUT2D eigenvalue weighted by molar-refractivity contribution is 8.14. The number of amides is 1. The van der Waals surface area contributed by atoms with Crippen LogP contribution in [-0.2, 0) is 41.0 Å². The lowest BCUT2D eigenvalue weighted by atomic mass is 9.96. The summed E-state index contributed by atoms with van der Waals surface area (Å²) in [6.07, 6.45) is -0.812. The first-order chi connectivity index (χ1) is 19.5. The van der Waals surface area contributed by atoms with Crippen molar-refractivity contribution < 1.29 is 38.0 Å². The summed E-state index contributed by atoms with van der Waals surface area (Å²) < 4.78 is 22.5. The van der Waals surface area contributed by atoms with Crippen LogP contribution in [0.15, 0.2) is 72.0 Å². The second-order valence-corrected chi connectivity index (χ2v) is 12.4. The number of rotatable bonds is 11. The standard InChI is InChI=1S/C27H28ClN4O8S/c1-16(2)20(26(35)38-14-17-8-6-5-7-9-17)30-23(34)21(25(30)41(28)37)31-24-22(32(29-36,40-24)27(31,3)4)18-10-12-19(13-11-18)39-15-33/h5-13,15,20-22,24-25H,1,14H2,2-4H3/q+1. The van der Waals surface area contributed by atoms with Crippen molar-refractivity contribution >= 4 is 39.4 Å². The molecule has 6 rings (SSSR count). The molecule has 4 aliphatic rings. The Hall–Kier alpha value is -3.33. The highest BCUT2D eigenvalue weighted by Crippen LogP contribution is 2.63. The van der Waals surface area contributed by atoms with Crippen LogP contribution in [0.4, 0.5) is 0 Å². The van der Waals surface area contributed by atoms with Gasteiger partial charge in [0.15, 0.2) is 28.1 Å². The van der Waals surface area contributed by atoms with Crippen molar-refractivity contribution in [1.29, 1.82) is 0 Å². The third-order valence-electron chi connectivity index (χ3n) is 7.87. The summed E-state index contributed by atoms with van der Waals surface area (Å²) in [5, 5.41) is 2.17. The molecule has 0 N–H and O–H groups in total. The number of fused-ring (bicyclic) bond motifs is 1. The first kappa shape index (κ1) is 29.2. The molecule has 7 unspecified atom stereocenters. The molecule has 14 heteroatoms. The number of nitroso groups, excluding NO2 is 1. The van der Waals surface area contributed by atoms with E-state index in [0.29, 0.717) is 23.4 Å². The zero-order chi connectivity index (χ0) is 29.7. The van der Waals surface area contributed by atoms with E-state index in [1.54, 1.807) is 74.2 Å². The Morgan fingerprint density at radius 1 is 1.27 bits per heavy atom. The van der Waals surface area contributed by atoms with Crippen LogP contribution in [0, 0.1) is 4.91 Å². The molecule has 41 heavy (non-hydrogen) atoms. The summed E-state index contributed by atoms with van der Waals surface area (Å²) in [6.45, 7) is 9.09. The minimum absolute atomic E-state index is 0.0258. The lowest BCUT2D eigenvalue weighted by Crippen LogP contribution is -2.77. The first-order valence-electron chi connectivity index (χ1n) is 12.7. The van der Waals surface area contributed by atoms with Gasteiger partial charge in [0.05, 0.1) is 10.4 Å². The van der Waals surface area contributed by atoms with Crippen LogP contribution in [0.25, 0.3) is 0 Å². The van der Waals surface area contributed by atoms with Crippen molar-refractivity contribution in [2.75, 3.05) is 0 Å². The molecule has 4 saturated heterocycles. The van der Waals surface area contributed by atoms with Crippen molar-refractivity contribution in [3.05, 3.63) is 82.8 Å². The number of carbonyl (C=O) groups is 3. The number of ether oxygens (including phenoxy) is 2. The summed E-state index contributed by atoms with van der Waals surface area (Å²) in [6, 6.07) is 12.5. The minimum atomic E-state index is -2.13. The zero-order valence-corrected chi connectivity index (χ0v) is 24.0. The molecular formula is C27H28ClN4O8S+. The normalized spacial score (nSPS) is 29.5. The molecule has 216 valence electrons. The maximum atomic E-state index is 13.8. The van der Waals surface area contributed by atoms with Gasteiger partial charge in [-0.2, -0.15) is 4.90 Å². The molecule has 0 spiro atoms. The number of benzene rings is 2. The monoisotopic (exact) mass is 603 g/mol. The molecule has 7 atom stereocenters. The lowest BCUT2D eigenvalue weighted by Gasteiger charge is -2.50. The van der Waals surface area contributed by atoms with Crippen LogP contribution >= 0.6 is 10.7 Å². The number of quaternary nitrogens is 1. The Morgan fingerprint density at radius 3 is 2.49 bits per heavy atom. The van der Waals surface area contributed by atoms with Gasteiger partial charge in [-0.25, -0.2) is 4.79 Å². The van der Waals surface area contributed by atoms with Gasteiger partial charge in [0, 0.05) is 24.2 Å². The van der Waals surface area contributed by atoms with E-state index in [0.717, 1.165) is 10.5 Å². The van der Waals surface area contributed by atoms with E-state index in [-0.39, 0.29) is 6.61 Å². The van der Waals surface area contributed by atoms with Crippen molar-refractivity contribution in [1.82, 2.24) is 9.80 Å². The van der Waals surface area contributed by atoms with E-state index in [2.05, 4.69) is 11.9 Å². The highest BCUT2D eigenvalue weighted by Gasteiger charge is 2.85.